The highest BCUT2D eigenvalue weighted by atomic mass is 79.9. The van der Waals surface area contributed by atoms with Gasteiger partial charge in [-0.2, -0.15) is 0 Å². The largest absolute Gasteiger partial charge is 0.381 e. The lowest BCUT2D eigenvalue weighted by atomic mass is 10.1. The third kappa shape index (κ3) is 6.36. The zero-order valence-electron chi connectivity index (χ0n) is 14.1. The first-order chi connectivity index (χ1) is 11.1. The quantitative estimate of drug-likeness (QED) is 0.451. The number of nitrogens with zero attached hydrogens (tertiary/aromatic N) is 2. The Morgan fingerprint density at radius 1 is 1.48 bits per heavy atom. The molecular formula is C17H26BrN3OS. The van der Waals surface area contributed by atoms with E-state index in [1.165, 1.54) is 4.90 Å². The Balaban J connectivity index is 1.76. The van der Waals surface area contributed by atoms with Gasteiger partial charge in [0.25, 0.3) is 0 Å². The zero-order valence-corrected chi connectivity index (χ0v) is 16.5. The van der Waals surface area contributed by atoms with Gasteiger partial charge in [-0.3, -0.25) is 4.99 Å². The molecule has 1 fully saturated rings. The van der Waals surface area contributed by atoms with E-state index in [-0.39, 0.29) is 0 Å². The molecule has 1 aliphatic heterocycles. The van der Waals surface area contributed by atoms with Crippen LogP contribution in [-0.4, -0.2) is 56.5 Å². The molecule has 0 amide bonds. The minimum Gasteiger partial charge on any atom is -0.381 e. The van der Waals surface area contributed by atoms with Crippen molar-refractivity contribution in [2.45, 2.75) is 23.5 Å². The van der Waals surface area contributed by atoms with Gasteiger partial charge in [-0.25, -0.2) is 0 Å². The Hall–Kier alpha value is -0.720. The Labute approximate surface area is 152 Å². The van der Waals surface area contributed by atoms with E-state index in [2.05, 4.69) is 69.4 Å². The number of aliphatic imine (C=N–C) groups is 1. The summed E-state index contributed by atoms with van der Waals surface area (Å²) in [6.07, 6.45) is 1.15. The Bertz CT molecular complexity index is 503. The molecule has 1 aliphatic rings. The van der Waals surface area contributed by atoms with Crippen LogP contribution < -0.4 is 5.32 Å². The lowest BCUT2D eigenvalue weighted by Crippen LogP contribution is -2.43. The van der Waals surface area contributed by atoms with Crippen LogP contribution in [0.1, 0.15) is 13.3 Å². The van der Waals surface area contributed by atoms with Crippen LogP contribution in [0.4, 0.5) is 0 Å². The SMILES string of the molecule is CN=C(NCC(C)Sc1ccc(Br)cc1)N(C)CC1CCOC1. The molecule has 23 heavy (non-hydrogen) atoms. The first-order valence-corrected chi connectivity index (χ1v) is 9.67. The maximum Gasteiger partial charge on any atom is 0.193 e. The fraction of sp³-hybridized carbons (Fsp3) is 0.588. The molecule has 2 unspecified atom stereocenters. The van der Waals surface area contributed by atoms with Gasteiger partial charge >= 0.3 is 0 Å². The lowest BCUT2D eigenvalue weighted by Gasteiger charge is -2.25. The van der Waals surface area contributed by atoms with Crippen LogP contribution in [0.5, 0.6) is 0 Å². The van der Waals surface area contributed by atoms with Gasteiger partial charge in [0.2, 0.25) is 0 Å². The number of hydrogen-bond acceptors (Lipinski definition) is 3. The average molecular weight is 400 g/mol. The van der Waals surface area contributed by atoms with Crippen molar-refractivity contribution >= 4 is 33.7 Å². The summed E-state index contributed by atoms with van der Waals surface area (Å²) in [5.74, 6) is 1.58. The fourth-order valence-electron chi connectivity index (χ4n) is 2.61. The molecule has 1 N–H and O–H groups in total. The number of benzene rings is 1. The standard InChI is InChI=1S/C17H26BrN3OS/c1-13(23-16-6-4-15(18)5-7-16)10-20-17(19-2)21(3)11-14-8-9-22-12-14/h4-7,13-14H,8-12H2,1-3H3,(H,19,20). The van der Waals surface area contributed by atoms with Gasteiger partial charge in [-0.1, -0.05) is 22.9 Å². The molecule has 6 heteroatoms. The Morgan fingerprint density at radius 2 is 2.22 bits per heavy atom. The van der Waals surface area contributed by atoms with E-state index in [9.17, 15) is 0 Å². The number of guanidine groups is 1. The highest BCUT2D eigenvalue weighted by molar-refractivity contribution is 9.10. The summed E-state index contributed by atoms with van der Waals surface area (Å²) >= 11 is 5.34. The highest BCUT2D eigenvalue weighted by Crippen LogP contribution is 2.24. The van der Waals surface area contributed by atoms with Crippen LogP contribution in [0.15, 0.2) is 38.6 Å². The molecule has 1 aromatic rings. The predicted molar refractivity (Wildman–Crippen MR) is 102 cm³/mol. The summed E-state index contributed by atoms with van der Waals surface area (Å²) in [5.41, 5.74) is 0. The van der Waals surface area contributed by atoms with Crippen LogP contribution in [0.2, 0.25) is 0 Å². The first-order valence-electron chi connectivity index (χ1n) is 8.00. The molecule has 1 heterocycles. The van der Waals surface area contributed by atoms with Crippen LogP contribution in [0, 0.1) is 5.92 Å². The molecular weight excluding hydrogens is 374 g/mol. The summed E-state index contributed by atoms with van der Waals surface area (Å²) in [6, 6.07) is 8.45. The monoisotopic (exact) mass is 399 g/mol. The molecule has 2 rings (SSSR count). The van der Waals surface area contributed by atoms with Crippen molar-refractivity contribution in [1.82, 2.24) is 10.2 Å². The number of rotatable bonds is 6. The molecule has 4 nitrogen and oxygen atoms in total. The molecule has 0 spiro atoms. The number of hydrogen-bond donors (Lipinski definition) is 1. The van der Waals surface area contributed by atoms with Crippen molar-refractivity contribution in [3.05, 3.63) is 28.7 Å². The summed E-state index contributed by atoms with van der Waals surface area (Å²) in [4.78, 5) is 7.89. The van der Waals surface area contributed by atoms with Gasteiger partial charge in [-0.05, 0) is 30.7 Å². The number of ether oxygens (including phenoxy) is 1. The molecule has 0 aromatic heterocycles. The van der Waals surface area contributed by atoms with E-state index < -0.39 is 0 Å². The van der Waals surface area contributed by atoms with Gasteiger partial charge in [0.15, 0.2) is 5.96 Å². The topological polar surface area (TPSA) is 36.9 Å². The van der Waals surface area contributed by atoms with Gasteiger partial charge in [0, 0.05) is 54.3 Å². The molecule has 0 radical (unpaired) electrons. The van der Waals surface area contributed by atoms with E-state index in [0.717, 1.165) is 43.2 Å². The second-order valence-corrected chi connectivity index (χ2v) is 8.35. The average Bonchev–Trinajstić information content (AvgIpc) is 3.03. The van der Waals surface area contributed by atoms with E-state index in [1.54, 1.807) is 0 Å². The summed E-state index contributed by atoms with van der Waals surface area (Å²) in [6.45, 7) is 5.88. The molecule has 1 aromatic carbocycles. The van der Waals surface area contributed by atoms with Gasteiger partial charge in [0.1, 0.15) is 0 Å². The summed E-state index contributed by atoms with van der Waals surface area (Å²) < 4.78 is 6.57. The minimum absolute atomic E-state index is 0.469. The first kappa shape index (κ1) is 18.6. The van der Waals surface area contributed by atoms with Crippen LogP contribution in [0.3, 0.4) is 0 Å². The van der Waals surface area contributed by atoms with Gasteiger partial charge in [-0.15, -0.1) is 11.8 Å². The van der Waals surface area contributed by atoms with E-state index >= 15 is 0 Å². The number of thioether (sulfide) groups is 1. The molecule has 1 saturated heterocycles. The Morgan fingerprint density at radius 3 is 2.83 bits per heavy atom. The maximum atomic E-state index is 5.45. The molecule has 128 valence electrons. The summed E-state index contributed by atoms with van der Waals surface area (Å²) in [7, 11) is 3.94. The van der Waals surface area contributed by atoms with Crippen molar-refractivity contribution in [1.29, 1.82) is 0 Å². The highest BCUT2D eigenvalue weighted by Gasteiger charge is 2.19. The third-order valence-electron chi connectivity index (χ3n) is 3.83. The minimum atomic E-state index is 0.469. The van der Waals surface area contributed by atoms with Crippen molar-refractivity contribution in [2.24, 2.45) is 10.9 Å². The second kappa shape index (κ2) is 9.55. The van der Waals surface area contributed by atoms with Gasteiger partial charge in [0.05, 0.1) is 6.61 Å². The van der Waals surface area contributed by atoms with E-state index in [0.29, 0.717) is 11.2 Å². The number of nitrogens with one attached hydrogen (secondary N) is 1. The normalized spacial score (nSPS) is 19.7. The molecule has 2 atom stereocenters. The van der Waals surface area contributed by atoms with Crippen LogP contribution in [0.25, 0.3) is 0 Å². The molecule has 0 bridgehead atoms. The van der Waals surface area contributed by atoms with Gasteiger partial charge < -0.3 is 15.0 Å². The maximum absolute atomic E-state index is 5.45. The van der Waals surface area contributed by atoms with Crippen LogP contribution >= 0.6 is 27.7 Å². The fourth-order valence-corrected chi connectivity index (χ4v) is 3.80. The molecule has 0 saturated carbocycles. The van der Waals surface area contributed by atoms with Crippen LogP contribution in [-0.2, 0) is 4.74 Å². The number of halogens is 1. The predicted octanol–water partition coefficient (Wildman–Crippen LogP) is 3.47. The Kier molecular flexibility index (Phi) is 7.73. The van der Waals surface area contributed by atoms with E-state index in [1.807, 2.05) is 18.8 Å². The molecule has 0 aliphatic carbocycles. The zero-order chi connectivity index (χ0) is 16.7. The van der Waals surface area contributed by atoms with E-state index in [4.69, 9.17) is 4.74 Å². The van der Waals surface area contributed by atoms with Crippen molar-refractivity contribution in [3.63, 3.8) is 0 Å². The lowest BCUT2D eigenvalue weighted by molar-refractivity contribution is 0.181. The van der Waals surface area contributed by atoms with Crippen molar-refractivity contribution in [2.75, 3.05) is 40.4 Å². The van der Waals surface area contributed by atoms with Crippen molar-refractivity contribution < 1.29 is 4.74 Å². The summed E-state index contributed by atoms with van der Waals surface area (Å²) in [5, 5.41) is 3.95. The van der Waals surface area contributed by atoms with Crippen molar-refractivity contribution in [3.8, 4) is 0 Å². The smallest absolute Gasteiger partial charge is 0.193 e. The third-order valence-corrected chi connectivity index (χ3v) is 5.47. The second-order valence-electron chi connectivity index (χ2n) is 5.92.